The van der Waals surface area contributed by atoms with Crippen LogP contribution in [0.1, 0.15) is 16.1 Å². The van der Waals surface area contributed by atoms with Crippen LogP contribution in [0.2, 0.25) is 10.0 Å². The molecule has 0 amide bonds. The monoisotopic (exact) mass is 330 g/mol. The van der Waals surface area contributed by atoms with Gasteiger partial charge in [-0.3, -0.25) is 0 Å². The molecule has 0 atom stereocenters. The van der Waals surface area contributed by atoms with Crippen LogP contribution in [0.25, 0.3) is 0 Å². The van der Waals surface area contributed by atoms with E-state index in [1.807, 2.05) is 25.5 Å². The molecule has 0 spiro atoms. The summed E-state index contributed by atoms with van der Waals surface area (Å²) in [6.45, 7) is 3.24. The van der Waals surface area contributed by atoms with E-state index in [0.29, 0.717) is 28.9 Å². The van der Waals surface area contributed by atoms with Gasteiger partial charge in [0, 0.05) is 28.4 Å². The van der Waals surface area contributed by atoms with Crippen molar-refractivity contribution >= 4 is 34.5 Å². The fourth-order valence-corrected chi connectivity index (χ4v) is 3.26. The molecule has 1 aromatic heterocycles. The van der Waals surface area contributed by atoms with E-state index in [9.17, 15) is 0 Å². The quantitative estimate of drug-likeness (QED) is 0.865. The summed E-state index contributed by atoms with van der Waals surface area (Å²) in [5.74, 6) is 0.701. The molecular weight excluding hydrogens is 315 g/mol. The SMILES string of the molecule is CNCc1cc(Cl)cc(Cl)c1OCCc1scnc1C. The second-order valence-electron chi connectivity index (χ2n) is 4.37. The highest BCUT2D eigenvalue weighted by atomic mass is 35.5. The molecule has 0 unspecified atom stereocenters. The van der Waals surface area contributed by atoms with Gasteiger partial charge in [-0.15, -0.1) is 11.3 Å². The van der Waals surface area contributed by atoms with E-state index >= 15 is 0 Å². The Hall–Kier alpha value is -0.810. The molecule has 0 saturated heterocycles. The van der Waals surface area contributed by atoms with Crippen LogP contribution in [0.3, 0.4) is 0 Å². The Morgan fingerprint density at radius 2 is 2.15 bits per heavy atom. The second-order valence-corrected chi connectivity index (χ2v) is 6.15. The summed E-state index contributed by atoms with van der Waals surface area (Å²) in [7, 11) is 1.87. The molecule has 1 heterocycles. The first-order valence-electron chi connectivity index (χ1n) is 6.26. The molecule has 0 aliphatic heterocycles. The largest absolute Gasteiger partial charge is 0.491 e. The minimum atomic E-state index is 0.545. The molecule has 1 N–H and O–H groups in total. The number of ether oxygens (including phenoxy) is 1. The highest BCUT2D eigenvalue weighted by Crippen LogP contribution is 2.32. The lowest BCUT2D eigenvalue weighted by Gasteiger charge is -2.13. The number of rotatable bonds is 6. The molecule has 3 nitrogen and oxygen atoms in total. The summed E-state index contributed by atoms with van der Waals surface area (Å²) in [5.41, 5.74) is 3.88. The second kappa shape index (κ2) is 7.27. The molecule has 0 aliphatic rings. The van der Waals surface area contributed by atoms with E-state index < -0.39 is 0 Å². The first kappa shape index (κ1) is 15.6. The predicted molar refractivity (Wildman–Crippen MR) is 85.3 cm³/mol. The van der Waals surface area contributed by atoms with Crippen molar-refractivity contribution < 1.29 is 4.74 Å². The van der Waals surface area contributed by atoms with Gasteiger partial charge in [0.2, 0.25) is 0 Å². The third-order valence-corrected chi connectivity index (χ3v) is 4.37. The van der Waals surface area contributed by atoms with Crippen molar-refractivity contribution in [1.29, 1.82) is 0 Å². The lowest BCUT2D eigenvalue weighted by Crippen LogP contribution is -2.09. The van der Waals surface area contributed by atoms with E-state index in [2.05, 4.69) is 10.3 Å². The molecule has 0 saturated carbocycles. The van der Waals surface area contributed by atoms with Crippen molar-refractivity contribution in [3.63, 3.8) is 0 Å². The molecule has 0 bridgehead atoms. The third kappa shape index (κ3) is 3.85. The summed E-state index contributed by atoms with van der Waals surface area (Å²) in [4.78, 5) is 5.47. The van der Waals surface area contributed by atoms with Gasteiger partial charge in [-0.2, -0.15) is 0 Å². The standard InChI is InChI=1S/C14H16Cl2N2OS/c1-9-13(20-8-18-9)3-4-19-14-10(7-17-2)5-11(15)6-12(14)16/h5-6,8,17H,3-4,7H2,1-2H3. The van der Waals surface area contributed by atoms with Crippen molar-refractivity contribution in [2.75, 3.05) is 13.7 Å². The highest BCUT2D eigenvalue weighted by molar-refractivity contribution is 7.09. The van der Waals surface area contributed by atoms with Gasteiger partial charge < -0.3 is 10.1 Å². The molecule has 6 heteroatoms. The van der Waals surface area contributed by atoms with Crippen LogP contribution in [0, 0.1) is 6.92 Å². The summed E-state index contributed by atoms with van der Waals surface area (Å²) in [5, 5.41) is 4.25. The number of hydrogen-bond acceptors (Lipinski definition) is 4. The van der Waals surface area contributed by atoms with Gasteiger partial charge in [-0.1, -0.05) is 23.2 Å². The van der Waals surface area contributed by atoms with Crippen LogP contribution in [-0.4, -0.2) is 18.6 Å². The summed E-state index contributed by atoms with van der Waals surface area (Å²) >= 11 is 13.9. The number of aromatic nitrogens is 1. The van der Waals surface area contributed by atoms with E-state index in [-0.39, 0.29) is 0 Å². The zero-order valence-corrected chi connectivity index (χ0v) is 13.7. The Balaban J connectivity index is 2.06. The number of thiazole rings is 1. The first-order valence-corrected chi connectivity index (χ1v) is 7.89. The van der Waals surface area contributed by atoms with Crippen molar-refractivity contribution in [3.8, 4) is 5.75 Å². The zero-order chi connectivity index (χ0) is 14.5. The molecule has 2 rings (SSSR count). The maximum Gasteiger partial charge on any atom is 0.142 e. The number of hydrogen-bond donors (Lipinski definition) is 1. The maximum absolute atomic E-state index is 6.22. The van der Waals surface area contributed by atoms with Crippen LogP contribution in [0.4, 0.5) is 0 Å². The van der Waals surface area contributed by atoms with Gasteiger partial charge in [0.1, 0.15) is 5.75 Å². The number of halogens is 2. The Morgan fingerprint density at radius 3 is 2.80 bits per heavy atom. The van der Waals surface area contributed by atoms with Crippen LogP contribution in [-0.2, 0) is 13.0 Å². The van der Waals surface area contributed by atoms with E-state index in [0.717, 1.165) is 17.7 Å². The average molecular weight is 331 g/mol. The van der Waals surface area contributed by atoms with Gasteiger partial charge >= 0.3 is 0 Å². The minimum Gasteiger partial charge on any atom is -0.491 e. The number of nitrogens with one attached hydrogen (secondary N) is 1. The number of aryl methyl sites for hydroxylation is 1. The molecule has 0 fully saturated rings. The summed E-state index contributed by atoms with van der Waals surface area (Å²) in [6, 6.07) is 3.58. The van der Waals surface area contributed by atoms with Crippen molar-refractivity contribution in [2.24, 2.45) is 0 Å². The Morgan fingerprint density at radius 1 is 1.35 bits per heavy atom. The van der Waals surface area contributed by atoms with Crippen LogP contribution in [0.15, 0.2) is 17.6 Å². The zero-order valence-electron chi connectivity index (χ0n) is 11.4. The van der Waals surface area contributed by atoms with Crippen molar-refractivity contribution in [2.45, 2.75) is 19.9 Å². The number of nitrogens with zero attached hydrogens (tertiary/aromatic N) is 1. The third-order valence-electron chi connectivity index (χ3n) is 2.87. The topological polar surface area (TPSA) is 34.1 Å². The molecule has 108 valence electrons. The van der Waals surface area contributed by atoms with E-state index in [4.69, 9.17) is 27.9 Å². The first-order chi connectivity index (χ1) is 9.61. The average Bonchev–Trinajstić information content (AvgIpc) is 2.78. The Kier molecular flexibility index (Phi) is 5.66. The molecule has 20 heavy (non-hydrogen) atoms. The van der Waals surface area contributed by atoms with Crippen LogP contribution in [0.5, 0.6) is 5.75 Å². The fraction of sp³-hybridized carbons (Fsp3) is 0.357. The molecule has 1 aromatic carbocycles. The van der Waals surface area contributed by atoms with E-state index in [1.54, 1.807) is 17.4 Å². The molecular formula is C14H16Cl2N2OS. The molecule has 2 aromatic rings. The van der Waals surface area contributed by atoms with Gasteiger partial charge in [-0.25, -0.2) is 4.98 Å². The van der Waals surface area contributed by atoms with Crippen molar-refractivity contribution in [1.82, 2.24) is 10.3 Å². The summed E-state index contributed by atoms with van der Waals surface area (Å²) < 4.78 is 5.85. The van der Waals surface area contributed by atoms with Gasteiger partial charge in [0.25, 0.3) is 0 Å². The maximum atomic E-state index is 6.22. The van der Waals surface area contributed by atoms with Gasteiger partial charge in [0.05, 0.1) is 22.8 Å². The number of benzene rings is 1. The Bertz CT molecular complexity index is 587. The van der Waals surface area contributed by atoms with Crippen molar-refractivity contribution in [3.05, 3.63) is 43.8 Å². The molecule has 0 radical (unpaired) electrons. The highest BCUT2D eigenvalue weighted by Gasteiger charge is 2.11. The summed E-state index contributed by atoms with van der Waals surface area (Å²) in [6.07, 6.45) is 0.828. The lowest BCUT2D eigenvalue weighted by atomic mass is 10.2. The van der Waals surface area contributed by atoms with Gasteiger partial charge in [0.15, 0.2) is 0 Å². The minimum absolute atomic E-state index is 0.545. The smallest absolute Gasteiger partial charge is 0.142 e. The van der Waals surface area contributed by atoms with Crippen LogP contribution >= 0.6 is 34.5 Å². The van der Waals surface area contributed by atoms with E-state index in [1.165, 1.54) is 4.88 Å². The molecule has 0 aliphatic carbocycles. The van der Waals surface area contributed by atoms with Gasteiger partial charge in [-0.05, 0) is 26.1 Å². The van der Waals surface area contributed by atoms with Crippen LogP contribution < -0.4 is 10.1 Å². The normalized spacial score (nSPS) is 10.8. The predicted octanol–water partition coefficient (Wildman–Crippen LogP) is 4.10. The fourth-order valence-electron chi connectivity index (χ4n) is 1.91. The Labute approximate surface area is 132 Å². The lowest BCUT2D eigenvalue weighted by molar-refractivity contribution is 0.319.